The van der Waals surface area contributed by atoms with Crippen LogP contribution in [0.25, 0.3) is 6.08 Å². The molecule has 20 heavy (non-hydrogen) atoms. The number of carboxylic acids is 1. The molecule has 1 amide bonds. The lowest BCUT2D eigenvalue weighted by Gasteiger charge is -2.06. The van der Waals surface area contributed by atoms with Gasteiger partial charge in [-0.3, -0.25) is 4.79 Å². The molecule has 0 radical (unpaired) electrons. The van der Waals surface area contributed by atoms with Crippen LogP contribution in [-0.4, -0.2) is 17.0 Å². The molecule has 4 nitrogen and oxygen atoms in total. The van der Waals surface area contributed by atoms with Crippen LogP contribution in [0.15, 0.2) is 66.4 Å². The quantitative estimate of drug-likeness (QED) is 0.836. The predicted molar refractivity (Wildman–Crippen MR) is 76.0 cm³/mol. The average Bonchev–Trinajstić information content (AvgIpc) is 2.48. The van der Waals surface area contributed by atoms with Crippen LogP contribution in [0, 0.1) is 0 Å². The fraction of sp³-hybridized carbons (Fsp3) is 0. The van der Waals surface area contributed by atoms with E-state index in [9.17, 15) is 9.59 Å². The summed E-state index contributed by atoms with van der Waals surface area (Å²) in [5.41, 5.74) is 0.955. The molecule has 0 unspecified atom stereocenters. The number of amides is 1. The number of hydrogen-bond donors (Lipinski definition) is 2. The number of benzene rings is 2. The molecule has 0 heterocycles. The molecule has 2 rings (SSSR count). The highest BCUT2D eigenvalue weighted by atomic mass is 16.4. The first kappa shape index (κ1) is 13.5. The van der Waals surface area contributed by atoms with Gasteiger partial charge in [-0.05, 0) is 23.8 Å². The van der Waals surface area contributed by atoms with Crippen molar-refractivity contribution in [2.24, 2.45) is 0 Å². The third kappa shape index (κ3) is 3.55. The summed E-state index contributed by atoms with van der Waals surface area (Å²) >= 11 is 0. The molecule has 0 aliphatic carbocycles. The Morgan fingerprint density at radius 2 is 1.45 bits per heavy atom. The summed E-state index contributed by atoms with van der Waals surface area (Å²) in [5, 5.41) is 11.6. The highest BCUT2D eigenvalue weighted by Gasteiger charge is 2.12. The van der Waals surface area contributed by atoms with E-state index in [4.69, 9.17) is 5.11 Å². The summed E-state index contributed by atoms with van der Waals surface area (Å²) in [4.78, 5) is 23.1. The van der Waals surface area contributed by atoms with Crippen molar-refractivity contribution in [3.05, 3.63) is 77.5 Å². The van der Waals surface area contributed by atoms with Gasteiger partial charge in [0.05, 0.1) is 0 Å². The van der Waals surface area contributed by atoms with Crippen LogP contribution in [0.4, 0.5) is 0 Å². The largest absolute Gasteiger partial charge is 0.477 e. The Bertz CT molecular complexity index is 633. The SMILES string of the molecule is O=C(O)C(=Cc1ccccc1)NC(=O)c1ccccc1. The lowest BCUT2D eigenvalue weighted by atomic mass is 10.1. The minimum atomic E-state index is -1.18. The summed E-state index contributed by atoms with van der Waals surface area (Å²) in [7, 11) is 0. The predicted octanol–water partition coefficient (Wildman–Crippen LogP) is 2.54. The maximum Gasteiger partial charge on any atom is 0.352 e. The summed E-state index contributed by atoms with van der Waals surface area (Å²) < 4.78 is 0. The van der Waals surface area contributed by atoms with Crippen molar-refractivity contribution in [1.29, 1.82) is 0 Å². The number of hydrogen-bond acceptors (Lipinski definition) is 2. The molecule has 0 atom stereocenters. The van der Waals surface area contributed by atoms with E-state index in [1.54, 1.807) is 54.6 Å². The van der Waals surface area contributed by atoms with E-state index >= 15 is 0 Å². The first-order valence-electron chi connectivity index (χ1n) is 6.03. The Hall–Kier alpha value is -2.88. The first-order valence-corrected chi connectivity index (χ1v) is 6.03. The standard InChI is InChI=1S/C16H13NO3/c18-15(13-9-5-2-6-10-13)17-14(16(19)20)11-12-7-3-1-4-8-12/h1-11H,(H,17,18)(H,19,20). The second-order valence-electron chi connectivity index (χ2n) is 4.09. The monoisotopic (exact) mass is 267 g/mol. The molecular weight excluding hydrogens is 254 g/mol. The molecule has 2 aromatic carbocycles. The fourth-order valence-corrected chi connectivity index (χ4v) is 1.65. The van der Waals surface area contributed by atoms with E-state index in [1.807, 2.05) is 6.07 Å². The van der Waals surface area contributed by atoms with Crippen LogP contribution in [0.2, 0.25) is 0 Å². The molecule has 0 aromatic heterocycles. The van der Waals surface area contributed by atoms with Crippen molar-refractivity contribution in [1.82, 2.24) is 5.32 Å². The Morgan fingerprint density at radius 3 is 2.00 bits per heavy atom. The molecule has 2 aromatic rings. The van der Waals surface area contributed by atoms with E-state index in [1.165, 1.54) is 6.08 Å². The van der Waals surface area contributed by atoms with E-state index in [2.05, 4.69) is 5.32 Å². The Balaban J connectivity index is 2.21. The van der Waals surface area contributed by atoms with E-state index < -0.39 is 11.9 Å². The van der Waals surface area contributed by atoms with E-state index in [0.717, 1.165) is 0 Å². The third-order valence-electron chi connectivity index (χ3n) is 2.63. The summed E-state index contributed by atoms with van der Waals surface area (Å²) in [6, 6.07) is 17.4. The Kier molecular flexibility index (Phi) is 4.29. The van der Waals surface area contributed by atoms with Crippen LogP contribution >= 0.6 is 0 Å². The molecule has 2 N–H and O–H groups in total. The Labute approximate surface area is 116 Å². The highest BCUT2D eigenvalue weighted by Crippen LogP contribution is 2.06. The molecule has 0 bridgehead atoms. The van der Waals surface area contributed by atoms with Gasteiger partial charge in [0.1, 0.15) is 5.70 Å². The van der Waals surface area contributed by atoms with Gasteiger partial charge in [-0.25, -0.2) is 4.79 Å². The normalized spacial score (nSPS) is 10.9. The van der Waals surface area contributed by atoms with E-state index in [-0.39, 0.29) is 5.70 Å². The van der Waals surface area contributed by atoms with Crippen LogP contribution < -0.4 is 5.32 Å². The van der Waals surface area contributed by atoms with Crippen molar-refractivity contribution in [3.63, 3.8) is 0 Å². The minimum Gasteiger partial charge on any atom is -0.477 e. The summed E-state index contributed by atoms with van der Waals surface area (Å²) in [6.07, 6.45) is 1.42. The molecule has 0 aliphatic rings. The van der Waals surface area contributed by atoms with Gasteiger partial charge in [0.2, 0.25) is 0 Å². The summed E-state index contributed by atoms with van der Waals surface area (Å²) in [6.45, 7) is 0. The van der Waals surface area contributed by atoms with Crippen molar-refractivity contribution < 1.29 is 14.7 Å². The van der Waals surface area contributed by atoms with Crippen molar-refractivity contribution in [2.75, 3.05) is 0 Å². The van der Waals surface area contributed by atoms with Crippen LogP contribution in [-0.2, 0) is 4.79 Å². The number of carbonyl (C=O) groups is 2. The zero-order valence-electron chi connectivity index (χ0n) is 10.6. The number of aliphatic carboxylic acids is 1. The second kappa shape index (κ2) is 6.33. The number of carbonyl (C=O) groups excluding carboxylic acids is 1. The number of rotatable bonds is 4. The maximum atomic E-state index is 11.9. The maximum absolute atomic E-state index is 11.9. The molecule has 0 saturated carbocycles. The molecule has 0 saturated heterocycles. The van der Waals surface area contributed by atoms with Crippen LogP contribution in [0.3, 0.4) is 0 Å². The van der Waals surface area contributed by atoms with Gasteiger partial charge < -0.3 is 10.4 Å². The molecule has 0 aliphatic heterocycles. The van der Waals surface area contributed by atoms with Crippen LogP contribution in [0.1, 0.15) is 15.9 Å². The number of nitrogens with one attached hydrogen (secondary N) is 1. The van der Waals surface area contributed by atoms with Gasteiger partial charge in [-0.1, -0.05) is 48.5 Å². The highest BCUT2D eigenvalue weighted by molar-refractivity contribution is 6.02. The first-order chi connectivity index (χ1) is 9.66. The molecule has 100 valence electrons. The van der Waals surface area contributed by atoms with Gasteiger partial charge in [-0.15, -0.1) is 0 Å². The van der Waals surface area contributed by atoms with Crippen molar-refractivity contribution in [2.45, 2.75) is 0 Å². The molecule has 0 fully saturated rings. The number of carboxylic acid groups (broad SMARTS) is 1. The fourth-order valence-electron chi connectivity index (χ4n) is 1.65. The van der Waals surface area contributed by atoms with E-state index in [0.29, 0.717) is 11.1 Å². The summed E-state index contributed by atoms with van der Waals surface area (Å²) in [5.74, 6) is -1.63. The lowest BCUT2D eigenvalue weighted by molar-refractivity contribution is -0.132. The molecule has 0 spiro atoms. The van der Waals surface area contributed by atoms with Crippen molar-refractivity contribution >= 4 is 18.0 Å². The van der Waals surface area contributed by atoms with Crippen LogP contribution in [0.5, 0.6) is 0 Å². The Morgan fingerprint density at radius 1 is 0.900 bits per heavy atom. The minimum absolute atomic E-state index is 0.162. The van der Waals surface area contributed by atoms with Gasteiger partial charge in [0.25, 0.3) is 5.91 Å². The van der Waals surface area contributed by atoms with Gasteiger partial charge in [-0.2, -0.15) is 0 Å². The smallest absolute Gasteiger partial charge is 0.352 e. The van der Waals surface area contributed by atoms with Crippen molar-refractivity contribution in [3.8, 4) is 0 Å². The zero-order chi connectivity index (χ0) is 14.4. The zero-order valence-corrected chi connectivity index (χ0v) is 10.6. The third-order valence-corrected chi connectivity index (χ3v) is 2.63. The van der Waals surface area contributed by atoms with Gasteiger partial charge in [0, 0.05) is 5.56 Å². The molecule has 4 heteroatoms. The topological polar surface area (TPSA) is 66.4 Å². The molecular formula is C16H13NO3. The average molecular weight is 267 g/mol. The second-order valence-corrected chi connectivity index (χ2v) is 4.09. The van der Waals surface area contributed by atoms with Gasteiger partial charge in [0.15, 0.2) is 0 Å². The van der Waals surface area contributed by atoms with Gasteiger partial charge >= 0.3 is 5.97 Å². The lowest BCUT2D eigenvalue weighted by Crippen LogP contribution is -2.27.